The molecule has 0 fully saturated rings. The molecule has 0 bridgehead atoms. The third kappa shape index (κ3) is 4.93. The van der Waals surface area contributed by atoms with E-state index in [9.17, 15) is 0 Å². The van der Waals surface area contributed by atoms with Crippen molar-refractivity contribution in [1.82, 2.24) is 24.1 Å². The molecule has 0 unspecified atom stereocenters. The second-order valence-electron chi connectivity index (χ2n) is 15.6. The van der Waals surface area contributed by atoms with Crippen molar-refractivity contribution in [3.63, 3.8) is 0 Å². The molecule has 284 valence electrons. The van der Waals surface area contributed by atoms with Gasteiger partial charge in [-0.3, -0.25) is 0 Å². The number of para-hydroxylation sites is 5. The van der Waals surface area contributed by atoms with E-state index in [-0.39, 0.29) is 0 Å². The van der Waals surface area contributed by atoms with Gasteiger partial charge in [0, 0.05) is 49.3 Å². The van der Waals surface area contributed by atoms with E-state index in [2.05, 4.69) is 184 Å². The van der Waals surface area contributed by atoms with Gasteiger partial charge in [0.15, 0.2) is 17.5 Å². The van der Waals surface area contributed by atoms with Crippen LogP contribution in [0.3, 0.4) is 0 Å². The first kappa shape index (κ1) is 33.6. The van der Waals surface area contributed by atoms with Crippen molar-refractivity contribution in [2.75, 3.05) is 4.90 Å². The number of benzene rings is 9. The van der Waals surface area contributed by atoms with Crippen LogP contribution in [0.5, 0.6) is 0 Å². The van der Waals surface area contributed by atoms with Gasteiger partial charge >= 0.3 is 0 Å². The van der Waals surface area contributed by atoms with Crippen molar-refractivity contribution in [2.45, 2.75) is 0 Å². The molecule has 6 nitrogen and oxygen atoms in total. The van der Waals surface area contributed by atoms with Gasteiger partial charge in [-0.15, -0.1) is 0 Å². The SMILES string of the molecule is c1ccc(-c2nc(-c3ccccc3)nc(-c3ccccc3-n3c4ccccc4c4c5c6cc7ccccc7c7c6n(c5ccc43)-c3ccccc3N7c3ccccc3)n2)cc1. The summed E-state index contributed by atoms with van der Waals surface area (Å²) in [6, 6.07) is 73.1. The van der Waals surface area contributed by atoms with Gasteiger partial charge in [0.25, 0.3) is 0 Å². The molecule has 13 rings (SSSR count). The van der Waals surface area contributed by atoms with E-state index in [1.165, 1.54) is 49.0 Å². The van der Waals surface area contributed by atoms with Gasteiger partial charge in [-0.1, -0.05) is 146 Å². The molecule has 61 heavy (non-hydrogen) atoms. The number of nitrogens with zero attached hydrogens (tertiary/aromatic N) is 6. The maximum absolute atomic E-state index is 5.19. The fourth-order valence-electron chi connectivity index (χ4n) is 9.69. The average molecular weight is 779 g/mol. The second kappa shape index (κ2) is 13.1. The summed E-state index contributed by atoms with van der Waals surface area (Å²) in [7, 11) is 0. The van der Waals surface area contributed by atoms with Crippen LogP contribution in [0.1, 0.15) is 0 Å². The standard InChI is InChI=1S/C55H34N6/c1-4-18-35(19-5-1)53-56-54(36-20-6-2-7-21-36)58-55(57-53)41-27-13-15-29-44(41)60-43-28-14-12-26-40(43)49-47(60)32-33-48-50(49)42-34-37-22-10-11-25-39(37)51-52(42)61(48)46-31-17-16-30-45(46)59(51)38-23-8-3-9-24-38/h1-34H. The van der Waals surface area contributed by atoms with Gasteiger partial charge in [-0.05, 0) is 66.0 Å². The second-order valence-corrected chi connectivity index (χ2v) is 15.6. The molecular formula is C55H34N6. The van der Waals surface area contributed by atoms with Gasteiger partial charge in [0.1, 0.15) is 0 Å². The summed E-state index contributed by atoms with van der Waals surface area (Å²) in [4.78, 5) is 17.8. The Labute approximate surface area is 350 Å². The van der Waals surface area contributed by atoms with Gasteiger partial charge in [0.2, 0.25) is 0 Å². The summed E-state index contributed by atoms with van der Waals surface area (Å²) in [6.45, 7) is 0. The van der Waals surface area contributed by atoms with Gasteiger partial charge < -0.3 is 14.0 Å². The van der Waals surface area contributed by atoms with Crippen LogP contribution in [0.4, 0.5) is 17.1 Å². The zero-order valence-electron chi connectivity index (χ0n) is 32.8. The highest BCUT2D eigenvalue weighted by atomic mass is 15.2. The van der Waals surface area contributed by atoms with E-state index in [0.29, 0.717) is 17.5 Å². The van der Waals surface area contributed by atoms with Crippen LogP contribution in [0.25, 0.3) is 99.9 Å². The van der Waals surface area contributed by atoms with Crippen LogP contribution in [0, 0.1) is 0 Å². The summed E-state index contributed by atoms with van der Waals surface area (Å²) < 4.78 is 4.91. The van der Waals surface area contributed by atoms with E-state index in [1.807, 2.05) is 36.4 Å². The molecular weight excluding hydrogens is 745 g/mol. The lowest BCUT2D eigenvalue weighted by atomic mass is 9.99. The Morgan fingerprint density at radius 3 is 1.59 bits per heavy atom. The van der Waals surface area contributed by atoms with Crippen LogP contribution >= 0.6 is 0 Å². The molecule has 1 aliphatic rings. The van der Waals surface area contributed by atoms with E-state index < -0.39 is 0 Å². The maximum Gasteiger partial charge on any atom is 0.166 e. The minimum absolute atomic E-state index is 0.617. The monoisotopic (exact) mass is 778 g/mol. The van der Waals surface area contributed by atoms with E-state index in [4.69, 9.17) is 15.0 Å². The van der Waals surface area contributed by atoms with Crippen LogP contribution in [0.2, 0.25) is 0 Å². The lowest BCUT2D eigenvalue weighted by molar-refractivity contribution is 1.06. The van der Waals surface area contributed by atoms with Crippen LogP contribution < -0.4 is 4.90 Å². The molecule has 9 aromatic carbocycles. The molecule has 0 atom stereocenters. The molecule has 0 spiro atoms. The zero-order chi connectivity index (χ0) is 40.0. The highest BCUT2D eigenvalue weighted by Gasteiger charge is 2.32. The van der Waals surface area contributed by atoms with E-state index in [1.54, 1.807) is 0 Å². The topological polar surface area (TPSA) is 51.8 Å². The maximum atomic E-state index is 5.19. The number of aromatic nitrogens is 5. The Bertz CT molecular complexity index is 3640. The lowest BCUT2D eigenvalue weighted by Gasteiger charge is -2.34. The predicted molar refractivity (Wildman–Crippen MR) is 251 cm³/mol. The van der Waals surface area contributed by atoms with Gasteiger partial charge in [-0.25, -0.2) is 15.0 Å². The molecule has 0 N–H and O–H groups in total. The summed E-state index contributed by atoms with van der Waals surface area (Å²) in [5.41, 5.74) is 13.0. The van der Waals surface area contributed by atoms with Crippen molar-refractivity contribution in [3.05, 3.63) is 206 Å². The Kier molecular flexibility index (Phi) is 7.21. The Hall–Kier alpha value is -8.35. The molecule has 0 aliphatic carbocycles. The highest BCUT2D eigenvalue weighted by molar-refractivity contribution is 6.33. The largest absolute Gasteiger partial charge is 0.308 e. The number of fused-ring (bicyclic) bond motifs is 11. The van der Waals surface area contributed by atoms with Crippen LogP contribution in [0.15, 0.2) is 206 Å². The molecule has 0 saturated heterocycles. The van der Waals surface area contributed by atoms with E-state index in [0.717, 1.165) is 50.5 Å². The van der Waals surface area contributed by atoms with Crippen molar-refractivity contribution >= 4 is 71.4 Å². The van der Waals surface area contributed by atoms with Crippen LogP contribution in [-0.2, 0) is 0 Å². The molecule has 0 amide bonds. The van der Waals surface area contributed by atoms with Gasteiger partial charge in [-0.2, -0.15) is 0 Å². The fraction of sp³-hybridized carbons (Fsp3) is 0. The van der Waals surface area contributed by atoms with Crippen molar-refractivity contribution in [1.29, 1.82) is 0 Å². The molecule has 6 heteroatoms. The average Bonchev–Trinajstić information content (AvgIpc) is 3.85. The third-order valence-corrected chi connectivity index (χ3v) is 12.2. The van der Waals surface area contributed by atoms with Gasteiger partial charge in [0.05, 0.1) is 44.8 Å². The number of hydrogen-bond acceptors (Lipinski definition) is 4. The number of hydrogen-bond donors (Lipinski definition) is 0. The zero-order valence-corrected chi connectivity index (χ0v) is 32.8. The minimum atomic E-state index is 0.617. The first-order chi connectivity index (χ1) is 30.3. The molecule has 3 aromatic heterocycles. The van der Waals surface area contributed by atoms with Crippen molar-refractivity contribution in [3.8, 4) is 45.5 Å². The summed E-state index contributed by atoms with van der Waals surface area (Å²) in [5, 5.41) is 7.27. The quantitative estimate of drug-likeness (QED) is 0.175. The minimum Gasteiger partial charge on any atom is -0.308 e. The van der Waals surface area contributed by atoms with Crippen LogP contribution in [-0.4, -0.2) is 24.1 Å². The lowest BCUT2D eigenvalue weighted by Crippen LogP contribution is -2.18. The highest BCUT2D eigenvalue weighted by Crippen LogP contribution is 2.54. The summed E-state index contributed by atoms with van der Waals surface area (Å²) in [5.74, 6) is 1.88. The first-order valence-corrected chi connectivity index (χ1v) is 20.6. The molecule has 4 heterocycles. The number of anilines is 3. The smallest absolute Gasteiger partial charge is 0.166 e. The molecule has 0 radical (unpaired) electrons. The Morgan fingerprint density at radius 1 is 0.344 bits per heavy atom. The predicted octanol–water partition coefficient (Wildman–Crippen LogP) is 14.0. The Balaban J connectivity index is 1.14. The first-order valence-electron chi connectivity index (χ1n) is 20.6. The fourth-order valence-corrected chi connectivity index (χ4v) is 9.69. The molecule has 1 aliphatic heterocycles. The summed E-state index contributed by atoms with van der Waals surface area (Å²) >= 11 is 0. The van der Waals surface area contributed by atoms with E-state index >= 15 is 0 Å². The Morgan fingerprint density at radius 2 is 0.869 bits per heavy atom. The van der Waals surface area contributed by atoms with Crippen molar-refractivity contribution in [2.24, 2.45) is 0 Å². The molecule has 0 saturated carbocycles. The molecule has 12 aromatic rings. The number of rotatable bonds is 5. The third-order valence-electron chi connectivity index (χ3n) is 12.2. The van der Waals surface area contributed by atoms with Crippen molar-refractivity contribution < 1.29 is 0 Å². The normalized spacial score (nSPS) is 12.2. The summed E-state index contributed by atoms with van der Waals surface area (Å²) in [6.07, 6.45) is 0.